The van der Waals surface area contributed by atoms with Crippen LogP contribution in [0.25, 0.3) is 0 Å². The van der Waals surface area contributed by atoms with Crippen molar-refractivity contribution in [3.63, 3.8) is 0 Å². The van der Waals surface area contributed by atoms with Gasteiger partial charge in [0.15, 0.2) is 11.5 Å². The summed E-state index contributed by atoms with van der Waals surface area (Å²) in [7, 11) is -3.99. The monoisotopic (exact) mass is 460 g/mol. The molecule has 1 aliphatic heterocycles. The van der Waals surface area contributed by atoms with E-state index in [9.17, 15) is 26.4 Å². The van der Waals surface area contributed by atoms with E-state index >= 15 is 0 Å². The molecular weight excluding hydrogens is 441 g/mol. The summed E-state index contributed by atoms with van der Waals surface area (Å²) in [6, 6.07) is 9.02. The van der Waals surface area contributed by atoms with E-state index in [1.54, 1.807) is 18.2 Å². The van der Waals surface area contributed by atoms with Crippen LogP contribution in [0.15, 0.2) is 47.4 Å². The molecule has 12 heteroatoms. The number of sulfonamides is 1. The summed E-state index contributed by atoms with van der Waals surface area (Å²) < 4.78 is 77.7. The molecule has 2 aromatic rings. The number of hydrogen-bond acceptors (Lipinski definition) is 6. The number of amides is 1. The number of carbonyl (C=O) groups is 1. The van der Waals surface area contributed by atoms with E-state index in [1.807, 2.05) is 0 Å². The highest BCUT2D eigenvalue weighted by atomic mass is 32.2. The Balaban J connectivity index is 1.45. The molecule has 0 unspecified atom stereocenters. The van der Waals surface area contributed by atoms with Crippen LogP contribution in [0.4, 0.5) is 13.2 Å². The molecule has 168 valence electrons. The largest absolute Gasteiger partial charge is 0.573 e. The Morgan fingerprint density at radius 3 is 2.39 bits per heavy atom. The molecule has 0 saturated carbocycles. The van der Waals surface area contributed by atoms with Crippen LogP contribution in [0.1, 0.15) is 12.0 Å². The summed E-state index contributed by atoms with van der Waals surface area (Å²) >= 11 is 0. The molecule has 2 N–H and O–H groups in total. The van der Waals surface area contributed by atoms with Crippen molar-refractivity contribution in [2.75, 3.05) is 19.8 Å². The van der Waals surface area contributed by atoms with Crippen LogP contribution in [-0.2, 0) is 21.4 Å². The second kappa shape index (κ2) is 9.43. The zero-order valence-electron chi connectivity index (χ0n) is 16.1. The van der Waals surface area contributed by atoms with Crippen molar-refractivity contribution in [1.29, 1.82) is 0 Å². The maximum absolute atomic E-state index is 12.2. The van der Waals surface area contributed by atoms with Gasteiger partial charge in [0.05, 0.1) is 4.90 Å². The minimum atomic E-state index is -4.87. The maximum atomic E-state index is 12.2. The summed E-state index contributed by atoms with van der Waals surface area (Å²) in [5, 5.41) is 2.67. The van der Waals surface area contributed by atoms with Crippen molar-refractivity contribution >= 4 is 15.9 Å². The van der Waals surface area contributed by atoms with E-state index in [1.165, 1.54) is 0 Å². The van der Waals surface area contributed by atoms with E-state index in [4.69, 9.17) is 9.47 Å². The quantitative estimate of drug-likeness (QED) is 0.627. The molecule has 0 atom stereocenters. The van der Waals surface area contributed by atoms with Gasteiger partial charge in [0.1, 0.15) is 19.0 Å². The third-order valence-electron chi connectivity index (χ3n) is 4.11. The number of nitrogens with one attached hydrogen (secondary N) is 2. The number of alkyl halides is 3. The molecule has 1 amide bonds. The summed E-state index contributed by atoms with van der Waals surface area (Å²) in [4.78, 5) is 11.7. The van der Waals surface area contributed by atoms with E-state index in [-0.39, 0.29) is 30.3 Å². The Morgan fingerprint density at radius 1 is 1.03 bits per heavy atom. The summed E-state index contributed by atoms with van der Waals surface area (Å²) in [6.07, 6.45) is -5.00. The average molecular weight is 460 g/mol. The number of hydrogen-bond donors (Lipinski definition) is 2. The fourth-order valence-electron chi connectivity index (χ4n) is 2.69. The predicted octanol–water partition coefficient (Wildman–Crippen LogP) is 2.34. The van der Waals surface area contributed by atoms with Crippen molar-refractivity contribution < 1.29 is 40.6 Å². The Bertz CT molecular complexity index is 1030. The van der Waals surface area contributed by atoms with E-state index in [0.29, 0.717) is 24.7 Å². The summed E-state index contributed by atoms with van der Waals surface area (Å²) in [5.74, 6) is 0.308. The molecule has 31 heavy (non-hydrogen) atoms. The first-order valence-electron chi connectivity index (χ1n) is 9.13. The number of benzene rings is 2. The Kier molecular flexibility index (Phi) is 6.91. The van der Waals surface area contributed by atoms with Gasteiger partial charge in [-0.1, -0.05) is 6.07 Å². The lowest BCUT2D eigenvalue weighted by atomic mass is 10.2. The molecule has 1 aliphatic rings. The second-order valence-electron chi connectivity index (χ2n) is 6.42. The van der Waals surface area contributed by atoms with Crippen molar-refractivity contribution in [3.8, 4) is 17.2 Å². The first-order chi connectivity index (χ1) is 14.6. The van der Waals surface area contributed by atoms with Crippen LogP contribution in [0.3, 0.4) is 0 Å². The number of ether oxygens (including phenoxy) is 3. The zero-order chi connectivity index (χ0) is 22.5. The molecule has 0 bridgehead atoms. The first kappa shape index (κ1) is 22.7. The smallest absolute Gasteiger partial charge is 0.486 e. The summed E-state index contributed by atoms with van der Waals surface area (Å²) in [6.45, 7) is 0.963. The van der Waals surface area contributed by atoms with Gasteiger partial charge in [-0.3, -0.25) is 4.79 Å². The molecule has 8 nitrogen and oxygen atoms in total. The van der Waals surface area contributed by atoms with E-state index < -0.39 is 22.1 Å². The fourth-order valence-corrected chi connectivity index (χ4v) is 3.72. The molecule has 1 heterocycles. The van der Waals surface area contributed by atoms with Crippen molar-refractivity contribution in [2.24, 2.45) is 0 Å². The summed E-state index contributed by atoms with van der Waals surface area (Å²) in [5.41, 5.74) is 0.791. The van der Waals surface area contributed by atoms with Crippen LogP contribution in [-0.4, -0.2) is 40.4 Å². The normalized spacial score (nSPS) is 13.5. The lowest BCUT2D eigenvalue weighted by molar-refractivity contribution is -0.274. The van der Waals surface area contributed by atoms with E-state index in [2.05, 4.69) is 14.8 Å². The standard InChI is InChI=1S/C19H19F3N2O6S/c20-19(21,22)30-14-2-4-15(5-3-14)31(26,27)24-8-7-18(25)23-12-13-1-6-16-17(11-13)29-10-9-28-16/h1-6,11,24H,7-10,12H2,(H,23,25). The third-order valence-corrected chi connectivity index (χ3v) is 5.58. The molecule has 2 aromatic carbocycles. The van der Waals surface area contributed by atoms with Crippen LogP contribution < -0.4 is 24.2 Å². The van der Waals surface area contributed by atoms with Crippen LogP contribution >= 0.6 is 0 Å². The third kappa shape index (κ3) is 6.76. The Hall–Kier alpha value is -2.99. The molecule has 0 spiro atoms. The SMILES string of the molecule is O=C(CCNS(=O)(=O)c1ccc(OC(F)(F)F)cc1)NCc1ccc2c(c1)OCCO2. The molecule has 0 radical (unpaired) electrons. The van der Waals surface area contributed by atoms with Gasteiger partial charge >= 0.3 is 6.36 Å². The van der Waals surface area contributed by atoms with Gasteiger partial charge in [-0.05, 0) is 42.0 Å². The zero-order valence-corrected chi connectivity index (χ0v) is 16.9. The van der Waals surface area contributed by atoms with Gasteiger partial charge in [-0.15, -0.1) is 13.2 Å². The van der Waals surface area contributed by atoms with Crippen LogP contribution in [0, 0.1) is 0 Å². The highest BCUT2D eigenvalue weighted by Gasteiger charge is 2.31. The minimum absolute atomic E-state index is 0.126. The van der Waals surface area contributed by atoms with Gasteiger partial charge in [0.25, 0.3) is 0 Å². The van der Waals surface area contributed by atoms with Crippen molar-refractivity contribution in [3.05, 3.63) is 48.0 Å². The van der Waals surface area contributed by atoms with Gasteiger partial charge < -0.3 is 19.5 Å². The topological polar surface area (TPSA) is 103 Å². The van der Waals surface area contributed by atoms with Gasteiger partial charge in [0, 0.05) is 19.5 Å². The maximum Gasteiger partial charge on any atom is 0.573 e. The van der Waals surface area contributed by atoms with Crippen molar-refractivity contribution in [1.82, 2.24) is 10.0 Å². The highest BCUT2D eigenvalue weighted by molar-refractivity contribution is 7.89. The van der Waals surface area contributed by atoms with Crippen LogP contribution in [0.5, 0.6) is 17.2 Å². The second-order valence-corrected chi connectivity index (χ2v) is 8.19. The number of fused-ring (bicyclic) bond motifs is 1. The highest BCUT2D eigenvalue weighted by Crippen LogP contribution is 2.30. The minimum Gasteiger partial charge on any atom is -0.486 e. The number of carbonyl (C=O) groups excluding carboxylic acids is 1. The Morgan fingerprint density at radius 2 is 1.71 bits per heavy atom. The Labute approximate surface area is 176 Å². The van der Waals surface area contributed by atoms with Gasteiger partial charge in [0.2, 0.25) is 15.9 Å². The van der Waals surface area contributed by atoms with Gasteiger partial charge in [-0.2, -0.15) is 0 Å². The lowest BCUT2D eigenvalue weighted by Gasteiger charge is -2.19. The van der Waals surface area contributed by atoms with E-state index in [0.717, 1.165) is 29.8 Å². The van der Waals surface area contributed by atoms with Gasteiger partial charge in [-0.25, -0.2) is 13.1 Å². The molecular formula is C19H19F3N2O6S. The number of rotatable bonds is 8. The van der Waals surface area contributed by atoms with Crippen LogP contribution in [0.2, 0.25) is 0 Å². The predicted molar refractivity (Wildman–Crippen MR) is 102 cm³/mol. The fraction of sp³-hybridized carbons (Fsp3) is 0.316. The average Bonchev–Trinajstić information content (AvgIpc) is 2.71. The molecule has 0 aromatic heterocycles. The molecule has 0 aliphatic carbocycles. The molecule has 0 saturated heterocycles. The van der Waals surface area contributed by atoms with Crippen molar-refractivity contribution in [2.45, 2.75) is 24.2 Å². The molecule has 3 rings (SSSR count). The number of halogens is 3. The molecule has 0 fully saturated rings. The lowest BCUT2D eigenvalue weighted by Crippen LogP contribution is -2.30. The first-order valence-corrected chi connectivity index (χ1v) is 10.6.